The second-order valence-corrected chi connectivity index (χ2v) is 5.21. The molecule has 2 rings (SSSR count). The van der Waals surface area contributed by atoms with Crippen LogP contribution in [0.4, 0.5) is 5.69 Å². The van der Waals surface area contributed by atoms with Crippen molar-refractivity contribution >= 4 is 11.8 Å². The first-order valence-electron chi connectivity index (χ1n) is 7.66. The molecule has 0 unspecified atom stereocenters. The van der Waals surface area contributed by atoms with Crippen LogP contribution in [0.3, 0.4) is 0 Å². The molecule has 23 heavy (non-hydrogen) atoms. The minimum atomic E-state index is 0.760. The summed E-state index contributed by atoms with van der Waals surface area (Å²) in [7, 11) is 3.30. The van der Waals surface area contributed by atoms with Crippen LogP contribution in [0.5, 0.6) is 11.5 Å². The summed E-state index contributed by atoms with van der Waals surface area (Å²) in [5.74, 6) is 1.53. The molecule has 0 aliphatic rings. The quantitative estimate of drug-likeness (QED) is 0.581. The van der Waals surface area contributed by atoms with Gasteiger partial charge in [-0.1, -0.05) is 30.4 Å². The Morgan fingerprint density at radius 1 is 1.00 bits per heavy atom. The van der Waals surface area contributed by atoms with Crippen molar-refractivity contribution in [2.75, 3.05) is 33.0 Å². The number of rotatable bonds is 8. The highest BCUT2D eigenvalue weighted by molar-refractivity contribution is 5.53. The number of hydrogen-bond acceptors (Lipinski definition) is 4. The highest BCUT2D eigenvalue weighted by Gasteiger charge is 2.03. The smallest absolute Gasteiger partial charge is 0.160 e. The summed E-state index contributed by atoms with van der Waals surface area (Å²) in [6.45, 7) is 1.74. The number of nitrogens with one attached hydrogen (secondary N) is 1. The van der Waals surface area contributed by atoms with Crippen molar-refractivity contribution in [3.63, 3.8) is 0 Å². The predicted octanol–water partition coefficient (Wildman–Crippen LogP) is 3.13. The molecule has 122 valence electrons. The lowest BCUT2D eigenvalue weighted by Gasteiger charge is -2.09. The molecule has 4 heteroatoms. The minimum absolute atomic E-state index is 0.760. The Morgan fingerprint density at radius 3 is 2.43 bits per heavy atom. The Morgan fingerprint density at radius 2 is 1.74 bits per heavy atom. The molecule has 0 bridgehead atoms. The van der Waals surface area contributed by atoms with E-state index in [0.29, 0.717) is 0 Å². The molecule has 3 N–H and O–H groups in total. The van der Waals surface area contributed by atoms with Crippen molar-refractivity contribution in [1.29, 1.82) is 0 Å². The van der Waals surface area contributed by atoms with E-state index in [1.54, 1.807) is 14.2 Å². The summed E-state index contributed by atoms with van der Waals surface area (Å²) < 4.78 is 10.6. The van der Waals surface area contributed by atoms with E-state index in [9.17, 15) is 0 Å². The van der Waals surface area contributed by atoms with Crippen LogP contribution in [0.15, 0.2) is 48.5 Å². The van der Waals surface area contributed by atoms with Gasteiger partial charge in [-0.25, -0.2) is 0 Å². The zero-order valence-electron chi connectivity index (χ0n) is 13.7. The van der Waals surface area contributed by atoms with E-state index in [1.807, 2.05) is 36.4 Å². The van der Waals surface area contributed by atoms with Gasteiger partial charge in [-0.3, -0.25) is 0 Å². The Balaban J connectivity index is 1.74. The van der Waals surface area contributed by atoms with E-state index >= 15 is 0 Å². The fourth-order valence-corrected chi connectivity index (χ4v) is 2.26. The first kappa shape index (κ1) is 16.9. The van der Waals surface area contributed by atoms with E-state index in [4.69, 9.17) is 15.2 Å². The molecule has 0 aliphatic heterocycles. The topological polar surface area (TPSA) is 56.5 Å². The summed E-state index contributed by atoms with van der Waals surface area (Å²) in [5.41, 5.74) is 8.82. The summed E-state index contributed by atoms with van der Waals surface area (Å²) in [6, 6.07) is 13.9. The normalized spacial score (nSPS) is 10.9. The molecule has 0 saturated carbocycles. The van der Waals surface area contributed by atoms with Crippen LogP contribution in [0.1, 0.15) is 11.1 Å². The number of nitrogen functional groups attached to an aromatic ring is 1. The molecule has 0 fully saturated rings. The van der Waals surface area contributed by atoms with Gasteiger partial charge in [0.25, 0.3) is 0 Å². The van der Waals surface area contributed by atoms with Crippen LogP contribution in [-0.2, 0) is 6.42 Å². The SMILES string of the molecule is COc1ccc(CCNCC=Cc2ccc(N)cc2)cc1OC. The monoisotopic (exact) mass is 312 g/mol. The van der Waals surface area contributed by atoms with Gasteiger partial charge in [0, 0.05) is 12.2 Å². The molecule has 0 spiro atoms. The third-order valence-electron chi connectivity index (χ3n) is 3.55. The number of benzene rings is 2. The Bertz CT molecular complexity index is 636. The first-order valence-corrected chi connectivity index (χ1v) is 7.66. The lowest BCUT2D eigenvalue weighted by Crippen LogP contribution is -2.16. The molecule has 4 nitrogen and oxygen atoms in total. The molecule has 0 saturated heterocycles. The van der Waals surface area contributed by atoms with Crippen LogP contribution in [0.2, 0.25) is 0 Å². The summed E-state index contributed by atoms with van der Waals surface area (Å²) in [6.07, 6.45) is 5.14. The third-order valence-corrected chi connectivity index (χ3v) is 3.55. The Labute approximate surface area is 137 Å². The van der Waals surface area contributed by atoms with E-state index in [2.05, 4.69) is 23.5 Å². The molecule has 2 aromatic carbocycles. The zero-order valence-corrected chi connectivity index (χ0v) is 13.7. The predicted molar refractivity (Wildman–Crippen MR) is 96.0 cm³/mol. The number of methoxy groups -OCH3 is 2. The van der Waals surface area contributed by atoms with Crippen molar-refractivity contribution < 1.29 is 9.47 Å². The van der Waals surface area contributed by atoms with Crippen LogP contribution < -0.4 is 20.5 Å². The number of nitrogens with two attached hydrogens (primary N) is 1. The van der Waals surface area contributed by atoms with Crippen molar-refractivity contribution in [2.24, 2.45) is 0 Å². The lowest BCUT2D eigenvalue weighted by molar-refractivity contribution is 0.354. The second-order valence-electron chi connectivity index (χ2n) is 5.21. The van der Waals surface area contributed by atoms with Gasteiger partial charge in [0.05, 0.1) is 14.2 Å². The van der Waals surface area contributed by atoms with Gasteiger partial charge in [0.2, 0.25) is 0 Å². The maximum absolute atomic E-state index is 5.66. The summed E-state index contributed by atoms with van der Waals surface area (Å²) >= 11 is 0. The van der Waals surface area contributed by atoms with Crippen LogP contribution >= 0.6 is 0 Å². The van der Waals surface area contributed by atoms with Gasteiger partial charge in [-0.15, -0.1) is 0 Å². The average molecular weight is 312 g/mol. The molecule has 0 amide bonds. The average Bonchev–Trinajstić information content (AvgIpc) is 2.59. The number of anilines is 1. The molecular weight excluding hydrogens is 288 g/mol. The molecule has 0 radical (unpaired) electrons. The van der Waals surface area contributed by atoms with E-state index in [0.717, 1.165) is 42.3 Å². The second kappa shape index (κ2) is 8.86. The Kier molecular flexibility index (Phi) is 6.51. The molecular formula is C19H24N2O2. The fourth-order valence-electron chi connectivity index (χ4n) is 2.26. The van der Waals surface area contributed by atoms with E-state index in [1.165, 1.54) is 5.56 Å². The lowest BCUT2D eigenvalue weighted by atomic mass is 10.1. The van der Waals surface area contributed by atoms with Crippen molar-refractivity contribution in [2.45, 2.75) is 6.42 Å². The zero-order chi connectivity index (χ0) is 16.5. The van der Waals surface area contributed by atoms with Gasteiger partial charge >= 0.3 is 0 Å². The highest BCUT2D eigenvalue weighted by atomic mass is 16.5. The summed E-state index contributed by atoms with van der Waals surface area (Å²) in [5, 5.41) is 3.40. The first-order chi connectivity index (χ1) is 11.2. The molecule has 0 heterocycles. The van der Waals surface area contributed by atoms with Crippen molar-refractivity contribution in [1.82, 2.24) is 5.32 Å². The van der Waals surface area contributed by atoms with Gasteiger partial charge in [-0.05, 0) is 48.4 Å². The molecule has 0 aliphatic carbocycles. The highest BCUT2D eigenvalue weighted by Crippen LogP contribution is 2.27. The van der Waals surface area contributed by atoms with Gasteiger partial charge < -0.3 is 20.5 Å². The maximum Gasteiger partial charge on any atom is 0.160 e. The largest absolute Gasteiger partial charge is 0.493 e. The summed E-state index contributed by atoms with van der Waals surface area (Å²) in [4.78, 5) is 0. The fraction of sp³-hybridized carbons (Fsp3) is 0.263. The van der Waals surface area contributed by atoms with Gasteiger partial charge in [0.15, 0.2) is 11.5 Å². The molecule has 0 aromatic heterocycles. The number of hydrogen-bond donors (Lipinski definition) is 2. The Hall–Kier alpha value is -2.46. The van der Waals surface area contributed by atoms with Crippen LogP contribution in [0, 0.1) is 0 Å². The standard InChI is InChI=1S/C19H24N2O2/c1-22-18-10-7-16(14-19(18)23-2)11-13-21-12-3-4-15-5-8-17(20)9-6-15/h3-10,14,21H,11-13,20H2,1-2H3. The molecule has 2 aromatic rings. The van der Waals surface area contributed by atoms with Crippen LogP contribution in [0.25, 0.3) is 6.08 Å². The van der Waals surface area contributed by atoms with Crippen molar-refractivity contribution in [3.05, 3.63) is 59.7 Å². The molecule has 0 atom stereocenters. The maximum atomic E-state index is 5.66. The van der Waals surface area contributed by atoms with Crippen LogP contribution in [-0.4, -0.2) is 27.3 Å². The van der Waals surface area contributed by atoms with Gasteiger partial charge in [-0.2, -0.15) is 0 Å². The number of ether oxygens (including phenoxy) is 2. The van der Waals surface area contributed by atoms with E-state index in [-0.39, 0.29) is 0 Å². The third kappa shape index (κ3) is 5.34. The van der Waals surface area contributed by atoms with Crippen molar-refractivity contribution in [3.8, 4) is 11.5 Å². The van der Waals surface area contributed by atoms with E-state index < -0.39 is 0 Å². The minimum Gasteiger partial charge on any atom is -0.493 e. The van der Waals surface area contributed by atoms with Gasteiger partial charge in [0.1, 0.15) is 0 Å².